The van der Waals surface area contributed by atoms with Gasteiger partial charge in [-0.2, -0.15) is 10.2 Å². The van der Waals surface area contributed by atoms with Crippen LogP contribution in [-0.2, 0) is 6.42 Å². The number of hydrogen-bond donors (Lipinski definition) is 1. The maximum Gasteiger partial charge on any atom is 0.0691 e. The number of aromatic nitrogens is 1. The van der Waals surface area contributed by atoms with Crippen LogP contribution in [0.15, 0.2) is 51.5 Å². The van der Waals surface area contributed by atoms with Crippen LogP contribution in [-0.4, -0.2) is 28.8 Å². The smallest absolute Gasteiger partial charge is 0.0691 e. The van der Waals surface area contributed by atoms with Gasteiger partial charge in [0.1, 0.15) is 0 Å². The van der Waals surface area contributed by atoms with Gasteiger partial charge in [0.05, 0.1) is 11.9 Å². The Balaban J connectivity index is 2.68. The highest BCUT2D eigenvalue weighted by atomic mass is 16.4. The Bertz CT molecular complexity index is 463. The third-order valence-corrected chi connectivity index (χ3v) is 2.25. The lowest BCUT2D eigenvalue weighted by Gasteiger charge is -2.01. The van der Waals surface area contributed by atoms with Crippen LogP contribution in [0.4, 0.5) is 0 Å². The minimum Gasteiger partial charge on any atom is -0.411 e. The van der Waals surface area contributed by atoms with E-state index in [9.17, 15) is 0 Å². The van der Waals surface area contributed by atoms with Gasteiger partial charge in [0, 0.05) is 19.1 Å². The molecule has 0 saturated carbocycles. The molecule has 0 saturated heterocycles. The average molecular weight is 244 g/mol. The summed E-state index contributed by atoms with van der Waals surface area (Å²) in [5.74, 6) is 0. The first-order chi connectivity index (χ1) is 8.76. The van der Waals surface area contributed by atoms with Gasteiger partial charge in [0.15, 0.2) is 0 Å². The Hall–Kier alpha value is -2.30. The molecule has 1 heterocycles. The summed E-state index contributed by atoms with van der Waals surface area (Å²) in [6, 6.07) is 3.91. The predicted octanol–water partition coefficient (Wildman–Crippen LogP) is 2.48. The number of oxime groups is 1. The van der Waals surface area contributed by atoms with Crippen LogP contribution in [0.3, 0.4) is 0 Å². The Morgan fingerprint density at radius 2 is 2.39 bits per heavy atom. The lowest BCUT2D eigenvalue weighted by Crippen LogP contribution is -1.99. The Morgan fingerprint density at radius 1 is 1.56 bits per heavy atom. The van der Waals surface area contributed by atoms with Gasteiger partial charge in [0.25, 0.3) is 0 Å². The topological polar surface area (TPSA) is 70.2 Å². The minimum atomic E-state index is 0.724. The van der Waals surface area contributed by atoms with E-state index in [-0.39, 0.29) is 0 Å². The third-order valence-electron chi connectivity index (χ3n) is 2.25. The molecule has 0 aliphatic heterocycles. The molecule has 0 aliphatic carbocycles. The highest BCUT2D eigenvalue weighted by molar-refractivity contribution is 5.99. The molecule has 1 rings (SSSR count). The number of pyridine rings is 1. The summed E-state index contributed by atoms with van der Waals surface area (Å²) in [6.07, 6.45) is 8.27. The van der Waals surface area contributed by atoms with Crippen molar-refractivity contribution in [2.24, 2.45) is 15.4 Å². The van der Waals surface area contributed by atoms with E-state index in [1.165, 1.54) is 6.21 Å². The van der Waals surface area contributed by atoms with Gasteiger partial charge in [-0.05, 0) is 43.0 Å². The van der Waals surface area contributed by atoms with Crippen LogP contribution in [0.25, 0.3) is 0 Å². The van der Waals surface area contributed by atoms with Crippen LogP contribution in [0, 0.1) is 0 Å². The molecule has 0 aliphatic rings. The zero-order chi connectivity index (χ0) is 13.2. The van der Waals surface area contributed by atoms with E-state index in [4.69, 9.17) is 5.21 Å². The van der Waals surface area contributed by atoms with Crippen LogP contribution >= 0.6 is 0 Å². The molecule has 0 bridgehead atoms. The van der Waals surface area contributed by atoms with Crippen molar-refractivity contribution in [1.82, 2.24) is 4.98 Å². The van der Waals surface area contributed by atoms with Crippen LogP contribution in [0.2, 0.25) is 0 Å². The number of nitrogens with zero attached hydrogens (tertiary/aromatic N) is 4. The summed E-state index contributed by atoms with van der Waals surface area (Å²) in [7, 11) is 0. The van der Waals surface area contributed by atoms with E-state index in [1.54, 1.807) is 6.20 Å². The largest absolute Gasteiger partial charge is 0.411 e. The minimum absolute atomic E-state index is 0.724. The van der Waals surface area contributed by atoms with Crippen molar-refractivity contribution in [1.29, 1.82) is 0 Å². The van der Waals surface area contributed by atoms with E-state index >= 15 is 0 Å². The Kier molecular flexibility index (Phi) is 6.03. The van der Waals surface area contributed by atoms with Gasteiger partial charge >= 0.3 is 0 Å². The molecule has 1 N–H and O–H groups in total. The van der Waals surface area contributed by atoms with Crippen molar-refractivity contribution in [3.63, 3.8) is 0 Å². The van der Waals surface area contributed by atoms with E-state index in [0.717, 1.165) is 29.7 Å². The normalized spacial score (nSPS) is 12.9. The van der Waals surface area contributed by atoms with Crippen molar-refractivity contribution in [3.8, 4) is 0 Å². The first kappa shape index (κ1) is 13.8. The highest BCUT2D eigenvalue weighted by Gasteiger charge is 1.99. The molecule has 0 unspecified atom stereocenters. The molecule has 1 aromatic heterocycles. The third kappa shape index (κ3) is 5.16. The first-order valence-electron chi connectivity index (χ1n) is 5.53. The maximum absolute atomic E-state index is 8.43. The number of hydrogen-bond acceptors (Lipinski definition) is 5. The van der Waals surface area contributed by atoms with Gasteiger partial charge in [-0.25, -0.2) is 0 Å². The summed E-state index contributed by atoms with van der Waals surface area (Å²) < 4.78 is 0. The first-order valence-corrected chi connectivity index (χ1v) is 5.53. The summed E-state index contributed by atoms with van der Waals surface area (Å²) in [6.45, 7) is 5.17. The van der Waals surface area contributed by atoms with Crippen LogP contribution in [0.5, 0.6) is 0 Å². The van der Waals surface area contributed by atoms with E-state index in [1.807, 2.05) is 31.3 Å². The maximum atomic E-state index is 8.43. The molecule has 94 valence electrons. The standard InChI is InChI=1S/C13H16N4O/c1-11(9-16-18)8-13(17-14-2)6-5-12-4-3-7-15-10-12/h3-4,7-10,18H,2,5-6H2,1H3/b11-8+,16-9-,17-13-. The fourth-order valence-electron chi connectivity index (χ4n) is 1.45. The molecule has 0 radical (unpaired) electrons. The van der Waals surface area contributed by atoms with E-state index in [2.05, 4.69) is 27.1 Å². The van der Waals surface area contributed by atoms with Crippen LogP contribution in [0.1, 0.15) is 18.9 Å². The van der Waals surface area contributed by atoms with E-state index < -0.39 is 0 Å². The molecule has 18 heavy (non-hydrogen) atoms. The Labute approximate surface area is 106 Å². The predicted molar refractivity (Wildman–Crippen MR) is 73.6 cm³/mol. The van der Waals surface area contributed by atoms with Gasteiger partial charge in [-0.1, -0.05) is 11.2 Å². The molecule has 0 amide bonds. The van der Waals surface area contributed by atoms with Crippen LogP contribution < -0.4 is 0 Å². The van der Waals surface area contributed by atoms with E-state index in [0.29, 0.717) is 0 Å². The number of aryl methyl sites for hydroxylation is 1. The lowest BCUT2D eigenvalue weighted by atomic mass is 10.1. The monoisotopic (exact) mass is 244 g/mol. The number of rotatable bonds is 6. The fraction of sp³-hybridized carbons (Fsp3) is 0.231. The molecule has 0 spiro atoms. The Morgan fingerprint density at radius 3 is 3.00 bits per heavy atom. The summed E-state index contributed by atoms with van der Waals surface area (Å²) >= 11 is 0. The second kappa shape index (κ2) is 7.89. The summed E-state index contributed by atoms with van der Waals surface area (Å²) in [4.78, 5) is 4.05. The van der Waals surface area contributed by atoms with Crippen molar-refractivity contribution < 1.29 is 5.21 Å². The SMILES string of the molecule is C=N\N=C(/C=C(C)/C=N\O)CCc1cccnc1. The molecule has 0 atom stereocenters. The van der Waals surface area contributed by atoms with Gasteiger partial charge in [-0.15, -0.1) is 0 Å². The average Bonchev–Trinajstić information content (AvgIpc) is 2.38. The molecule has 0 fully saturated rings. The second-order valence-electron chi connectivity index (χ2n) is 3.73. The molecule has 5 heteroatoms. The lowest BCUT2D eigenvalue weighted by molar-refractivity contribution is 0.321. The quantitative estimate of drug-likeness (QED) is 0.474. The van der Waals surface area contributed by atoms with Gasteiger partial charge in [0.2, 0.25) is 0 Å². The van der Waals surface area contributed by atoms with Crippen molar-refractivity contribution >= 4 is 18.6 Å². The number of allylic oxidation sites excluding steroid dienone is 2. The molecule has 5 nitrogen and oxygen atoms in total. The molecular formula is C13H16N4O. The van der Waals surface area contributed by atoms with Gasteiger partial charge < -0.3 is 5.21 Å². The zero-order valence-electron chi connectivity index (χ0n) is 10.3. The summed E-state index contributed by atoms with van der Waals surface area (Å²) in [5.41, 5.74) is 2.72. The highest BCUT2D eigenvalue weighted by Crippen LogP contribution is 2.04. The van der Waals surface area contributed by atoms with Gasteiger partial charge in [-0.3, -0.25) is 4.98 Å². The fourth-order valence-corrected chi connectivity index (χ4v) is 1.45. The molecule has 1 aromatic rings. The summed E-state index contributed by atoms with van der Waals surface area (Å²) in [5, 5.41) is 18.9. The van der Waals surface area contributed by atoms with Crippen molar-refractivity contribution in [2.75, 3.05) is 0 Å². The molecular weight excluding hydrogens is 228 g/mol. The zero-order valence-corrected chi connectivity index (χ0v) is 10.3. The molecule has 0 aromatic carbocycles. The van der Waals surface area contributed by atoms with Crippen molar-refractivity contribution in [3.05, 3.63) is 41.7 Å². The second-order valence-corrected chi connectivity index (χ2v) is 3.73. The van der Waals surface area contributed by atoms with Crippen molar-refractivity contribution in [2.45, 2.75) is 19.8 Å².